The van der Waals surface area contributed by atoms with E-state index in [9.17, 15) is 9.90 Å². The molecule has 3 aromatic rings. The summed E-state index contributed by atoms with van der Waals surface area (Å²) in [6.07, 6.45) is 3.95. The molecule has 6 nitrogen and oxygen atoms in total. The van der Waals surface area contributed by atoms with E-state index in [2.05, 4.69) is 35.1 Å². The van der Waals surface area contributed by atoms with Crippen LogP contribution >= 0.6 is 0 Å². The van der Waals surface area contributed by atoms with Crippen LogP contribution in [0.15, 0.2) is 24.3 Å². The summed E-state index contributed by atoms with van der Waals surface area (Å²) in [6.45, 7) is 5.20. The van der Waals surface area contributed by atoms with Crippen LogP contribution in [0.2, 0.25) is 0 Å². The molecule has 0 saturated carbocycles. The molecule has 1 aliphatic carbocycles. The Bertz CT molecular complexity index is 1060. The number of carbonyl (C=O) groups is 1. The number of hydrogen-bond acceptors (Lipinski definition) is 3. The number of rotatable bonds is 3. The van der Waals surface area contributed by atoms with Crippen LogP contribution in [0.1, 0.15) is 37.9 Å². The summed E-state index contributed by atoms with van der Waals surface area (Å²) in [4.78, 5) is 17.7. The van der Waals surface area contributed by atoms with E-state index in [1.165, 1.54) is 17.7 Å². The van der Waals surface area contributed by atoms with Gasteiger partial charge in [0.15, 0.2) is 0 Å². The average Bonchev–Trinajstić information content (AvgIpc) is 3.35. The minimum Gasteiger partial charge on any atom is -0.396 e. The van der Waals surface area contributed by atoms with E-state index in [-0.39, 0.29) is 18.4 Å². The van der Waals surface area contributed by atoms with Gasteiger partial charge in [-0.1, -0.05) is 19.9 Å². The van der Waals surface area contributed by atoms with E-state index in [0.717, 1.165) is 40.8 Å². The third-order valence-corrected chi connectivity index (χ3v) is 6.37. The lowest BCUT2D eigenvalue weighted by atomic mass is 9.76. The first-order valence-corrected chi connectivity index (χ1v) is 10.1. The third-order valence-electron chi connectivity index (χ3n) is 6.37. The van der Waals surface area contributed by atoms with E-state index in [0.29, 0.717) is 18.4 Å². The molecule has 1 aliphatic heterocycles. The van der Waals surface area contributed by atoms with Crippen LogP contribution in [0.5, 0.6) is 0 Å². The van der Waals surface area contributed by atoms with Crippen LogP contribution in [0.4, 0.5) is 5.69 Å². The fourth-order valence-electron chi connectivity index (χ4n) is 4.65. The number of fused-ring (bicyclic) bond motifs is 2. The van der Waals surface area contributed by atoms with Crippen molar-refractivity contribution in [2.75, 3.05) is 18.1 Å². The molecule has 2 aliphatic rings. The van der Waals surface area contributed by atoms with Gasteiger partial charge in [0.25, 0.3) is 0 Å². The average molecular weight is 378 g/mol. The molecule has 3 heterocycles. The number of amides is 1. The number of carbonyl (C=O) groups excluding carboxylic acids is 1. The lowest BCUT2D eigenvalue weighted by Crippen LogP contribution is -2.28. The van der Waals surface area contributed by atoms with Gasteiger partial charge in [-0.15, -0.1) is 0 Å². The molecular formula is C22H26N4O2. The number of benzene rings is 1. The van der Waals surface area contributed by atoms with E-state index in [1.54, 1.807) is 4.90 Å². The Morgan fingerprint density at radius 3 is 2.96 bits per heavy atom. The maximum atomic E-state index is 12.4. The number of hydrogen-bond donors (Lipinski definition) is 3. The molecule has 1 aromatic carbocycles. The van der Waals surface area contributed by atoms with Gasteiger partial charge in [-0.3, -0.25) is 9.89 Å². The molecule has 0 radical (unpaired) electrons. The zero-order valence-corrected chi connectivity index (χ0v) is 16.4. The quantitative estimate of drug-likeness (QED) is 0.653. The summed E-state index contributed by atoms with van der Waals surface area (Å²) in [6, 6.07) is 8.20. The first-order chi connectivity index (χ1) is 13.4. The molecule has 146 valence electrons. The molecule has 0 spiro atoms. The largest absolute Gasteiger partial charge is 0.396 e. The molecule has 5 rings (SSSR count). The predicted molar refractivity (Wildman–Crippen MR) is 109 cm³/mol. The molecule has 3 N–H and O–H groups in total. The molecular weight excluding hydrogens is 352 g/mol. The standard InChI is InChI=1S/C22H26N4O2/c1-22(2)7-5-16-19(11-22)24-25-20(16)18-9-13-3-4-15(10-17(13)23-18)26-8-6-14(12-27)21(26)28/h3-4,9-10,14,23,27H,5-8,11-12H2,1-2H3,(H,24,25). The topological polar surface area (TPSA) is 85.0 Å². The summed E-state index contributed by atoms with van der Waals surface area (Å²) >= 11 is 0. The van der Waals surface area contributed by atoms with Crippen molar-refractivity contribution in [2.45, 2.75) is 39.5 Å². The number of H-pyrrole nitrogens is 2. The normalized spacial score (nSPS) is 21.5. The summed E-state index contributed by atoms with van der Waals surface area (Å²) < 4.78 is 0. The second kappa shape index (κ2) is 6.21. The molecule has 1 saturated heterocycles. The minimum absolute atomic E-state index is 0.0117. The van der Waals surface area contributed by atoms with Crippen LogP contribution in [-0.2, 0) is 17.6 Å². The second-order valence-corrected chi connectivity index (χ2v) is 8.98. The van der Waals surface area contributed by atoms with Crippen LogP contribution in [-0.4, -0.2) is 39.3 Å². The Morgan fingerprint density at radius 1 is 1.32 bits per heavy atom. The van der Waals surface area contributed by atoms with Crippen molar-refractivity contribution in [1.29, 1.82) is 0 Å². The number of aromatic nitrogens is 3. The van der Waals surface area contributed by atoms with Crippen molar-refractivity contribution in [3.05, 3.63) is 35.5 Å². The van der Waals surface area contributed by atoms with Gasteiger partial charge in [0.1, 0.15) is 5.69 Å². The Kier molecular flexibility index (Phi) is 3.88. The molecule has 2 aromatic heterocycles. The van der Waals surface area contributed by atoms with E-state index in [4.69, 9.17) is 0 Å². The Labute approximate surface area is 163 Å². The van der Waals surface area contributed by atoms with Crippen LogP contribution in [0, 0.1) is 11.3 Å². The third kappa shape index (κ3) is 2.75. The van der Waals surface area contributed by atoms with Gasteiger partial charge in [-0.05, 0) is 49.3 Å². The van der Waals surface area contributed by atoms with E-state index in [1.807, 2.05) is 18.2 Å². The summed E-state index contributed by atoms with van der Waals surface area (Å²) in [5.41, 5.74) is 6.82. The van der Waals surface area contributed by atoms with Crippen LogP contribution < -0.4 is 4.90 Å². The number of nitrogens with one attached hydrogen (secondary N) is 2. The fourth-order valence-corrected chi connectivity index (χ4v) is 4.65. The highest BCUT2D eigenvalue weighted by Crippen LogP contribution is 2.38. The number of anilines is 1. The van der Waals surface area contributed by atoms with Gasteiger partial charge in [0.2, 0.25) is 5.91 Å². The Balaban J connectivity index is 1.49. The highest BCUT2D eigenvalue weighted by atomic mass is 16.3. The van der Waals surface area contributed by atoms with Gasteiger partial charge in [-0.25, -0.2) is 0 Å². The minimum atomic E-state index is -0.269. The van der Waals surface area contributed by atoms with Gasteiger partial charge >= 0.3 is 0 Å². The lowest BCUT2D eigenvalue weighted by Gasteiger charge is -2.28. The van der Waals surface area contributed by atoms with E-state index < -0.39 is 0 Å². The molecule has 6 heteroatoms. The zero-order valence-electron chi connectivity index (χ0n) is 16.4. The van der Waals surface area contributed by atoms with Crippen LogP contribution in [0.3, 0.4) is 0 Å². The highest BCUT2D eigenvalue weighted by molar-refractivity contribution is 5.99. The Morgan fingerprint density at radius 2 is 2.18 bits per heavy atom. The first kappa shape index (κ1) is 17.5. The van der Waals surface area contributed by atoms with Crippen molar-refractivity contribution < 1.29 is 9.90 Å². The molecule has 1 atom stereocenters. The van der Waals surface area contributed by atoms with Crippen molar-refractivity contribution >= 4 is 22.5 Å². The van der Waals surface area contributed by atoms with Crippen molar-refractivity contribution in [1.82, 2.24) is 15.2 Å². The monoisotopic (exact) mass is 378 g/mol. The molecule has 1 amide bonds. The van der Waals surface area contributed by atoms with Gasteiger partial charge < -0.3 is 15.0 Å². The predicted octanol–water partition coefficient (Wildman–Crippen LogP) is 3.42. The number of aliphatic hydroxyl groups excluding tert-OH is 1. The maximum absolute atomic E-state index is 12.4. The zero-order chi connectivity index (χ0) is 19.5. The van der Waals surface area contributed by atoms with Gasteiger partial charge in [-0.2, -0.15) is 5.10 Å². The fraction of sp³-hybridized carbons (Fsp3) is 0.455. The summed E-state index contributed by atoms with van der Waals surface area (Å²) in [5, 5.41) is 18.3. The SMILES string of the molecule is CC1(C)CCc2c(-c3cc4ccc(N5CCC(CO)C5=O)cc4[nH]3)n[nH]c2C1. The van der Waals surface area contributed by atoms with Gasteiger partial charge in [0, 0.05) is 34.4 Å². The number of aliphatic hydroxyl groups is 1. The molecule has 28 heavy (non-hydrogen) atoms. The van der Waals surface area contributed by atoms with Crippen LogP contribution in [0.25, 0.3) is 22.3 Å². The summed E-state index contributed by atoms with van der Waals surface area (Å²) in [7, 11) is 0. The number of nitrogens with zero attached hydrogens (tertiary/aromatic N) is 2. The molecule has 1 fully saturated rings. The maximum Gasteiger partial charge on any atom is 0.232 e. The summed E-state index contributed by atoms with van der Waals surface area (Å²) in [5.74, 6) is -0.257. The highest BCUT2D eigenvalue weighted by Gasteiger charge is 2.32. The van der Waals surface area contributed by atoms with Gasteiger partial charge in [0.05, 0.1) is 18.2 Å². The van der Waals surface area contributed by atoms with E-state index >= 15 is 0 Å². The Hall–Kier alpha value is -2.60. The number of aromatic amines is 2. The van der Waals surface area contributed by atoms with Crippen molar-refractivity contribution in [3.8, 4) is 11.4 Å². The van der Waals surface area contributed by atoms with Crippen molar-refractivity contribution in [3.63, 3.8) is 0 Å². The molecule has 1 unspecified atom stereocenters. The molecule has 0 bridgehead atoms. The second-order valence-electron chi connectivity index (χ2n) is 8.98. The lowest BCUT2D eigenvalue weighted by molar-refractivity contribution is -0.121. The smallest absolute Gasteiger partial charge is 0.232 e. The van der Waals surface area contributed by atoms with Crippen molar-refractivity contribution in [2.24, 2.45) is 11.3 Å². The first-order valence-electron chi connectivity index (χ1n) is 10.1.